The van der Waals surface area contributed by atoms with Crippen LogP contribution >= 0.6 is 11.6 Å². The molecule has 3 rings (SSSR count). The first-order valence-electron chi connectivity index (χ1n) is 8.68. The fourth-order valence-electron chi connectivity index (χ4n) is 3.51. The van der Waals surface area contributed by atoms with Gasteiger partial charge in [-0.3, -0.25) is 4.79 Å². The van der Waals surface area contributed by atoms with Crippen LogP contribution < -0.4 is 0 Å². The number of benzene rings is 1. The summed E-state index contributed by atoms with van der Waals surface area (Å²) in [5.41, 5.74) is 1.10. The molecular formula is C19H25ClO3. The maximum absolute atomic E-state index is 12.3. The molecule has 0 N–H and O–H groups in total. The molecule has 0 heterocycles. The molecular weight excluding hydrogens is 312 g/mol. The Labute approximate surface area is 143 Å². The van der Waals surface area contributed by atoms with E-state index >= 15 is 0 Å². The first-order valence-corrected chi connectivity index (χ1v) is 9.05. The molecule has 2 saturated carbocycles. The Hall–Kier alpha value is -1.06. The molecule has 1 aromatic rings. The van der Waals surface area contributed by atoms with Gasteiger partial charge in [-0.1, -0.05) is 37.1 Å². The summed E-state index contributed by atoms with van der Waals surface area (Å²) in [6.07, 6.45) is 5.86. The van der Waals surface area contributed by atoms with Gasteiger partial charge in [0, 0.05) is 5.02 Å². The van der Waals surface area contributed by atoms with Crippen LogP contribution in [0, 0.1) is 17.8 Å². The van der Waals surface area contributed by atoms with Crippen LogP contribution in [0.3, 0.4) is 0 Å². The van der Waals surface area contributed by atoms with E-state index in [4.69, 9.17) is 21.1 Å². The minimum atomic E-state index is -0.00973. The van der Waals surface area contributed by atoms with Crippen LogP contribution in [-0.4, -0.2) is 18.7 Å². The Balaban J connectivity index is 1.39. The molecule has 0 radical (unpaired) electrons. The van der Waals surface area contributed by atoms with E-state index in [1.54, 1.807) is 0 Å². The van der Waals surface area contributed by atoms with Crippen molar-refractivity contribution in [2.24, 2.45) is 17.8 Å². The second-order valence-electron chi connectivity index (χ2n) is 6.89. The van der Waals surface area contributed by atoms with Crippen molar-refractivity contribution in [3.8, 4) is 0 Å². The van der Waals surface area contributed by atoms with Crippen LogP contribution in [0.4, 0.5) is 0 Å². The van der Waals surface area contributed by atoms with Gasteiger partial charge in [-0.05, 0) is 55.2 Å². The van der Waals surface area contributed by atoms with Gasteiger partial charge in [0.25, 0.3) is 0 Å². The zero-order chi connectivity index (χ0) is 16.2. The van der Waals surface area contributed by atoms with Gasteiger partial charge in [0.1, 0.15) is 6.10 Å². The van der Waals surface area contributed by atoms with Gasteiger partial charge < -0.3 is 9.47 Å². The highest BCUT2D eigenvalue weighted by atomic mass is 35.5. The third-order valence-corrected chi connectivity index (χ3v) is 5.41. The topological polar surface area (TPSA) is 35.5 Å². The molecule has 0 aromatic heterocycles. The number of esters is 1. The second-order valence-corrected chi connectivity index (χ2v) is 7.32. The Morgan fingerprint density at radius 2 is 1.87 bits per heavy atom. The fraction of sp³-hybridized carbons (Fsp3) is 0.632. The van der Waals surface area contributed by atoms with E-state index in [-0.39, 0.29) is 18.0 Å². The van der Waals surface area contributed by atoms with Crippen LogP contribution in [-0.2, 0) is 20.9 Å². The van der Waals surface area contributed by atoms with Crippen molar-refractivity contribution in [1.29, 1.82) is 0 Å². The van der Waals surface area contributed by atoms with Gasteiger partial charge in [-0.2, -0.15) is 0 Å². The van der Waals surface area contributed by atoms with Crippen molar-refractivity contribution < 1.29 is 14.3 Å². The molecule has 0 spiro atoms. The van der Waals surface area contributed by atoms with Crippen LogP contribution in [0.25, 0.3) is 0 Å². The Bertz CT molecular complexity index is 522. The molecule has 2 aliphatic carbocycles. The standard InChI is InChI=1S/C19H25ClO3/c1-13-17(12-22-11-14-7-9-15(20)10-8-14)18(13)19(21)23-16-5-3-2-4-6-16/h7-10,13,16-18H,2-6,11-12H2,1H3. The van der Waals surface area contributed by atoms with Crippen LogP contribution in [0.2, 0.25) is 5.02 Å². The third-order valence-electron chi connectivity index (χ3n) is 5.16. The lowest BCUT2D eigenvalue weighted by Crippen LogP contribution is -2.22. The largest absolute Gasteiger partial charge is 0.462 e. The van der Waals surface area contributed by atoms with Crippen LogP contribution in [0.5, 0.6) is 0 Å². The average molecular weight is 337 g/mol. The van der Waals surface area contributed by atoms with Crippen molar-refractivity contribution >= 4 is 17.6 Å². The third kappa shape index (κ3) is 4.48. The predicted octanol–water partition coefficient (Wildman–Crippen LogP) is 4.61. The van der Waals surface area contributed by atoms with Crippen LogP contribution in [0.1, 0.15) is 44.6 Å². The van der Waals surface area contributed by atoms with Crippen molar-refractivity contribution in [3.05, 3.63) is 34.9 Å². The SMILES string of the molecule is CC1C(COCc2ccc(Cl)cc2)C1C(=O)OC1CCCCC1. The predicted molar refractivity (Wildman–Crippen MR) is 90.2 cm³/mol. The maximum atomic E-state index is 12.3. The highest BCUT2D eigenvalue weighted by molar-refractivity contribution is 6.30. The van der Waals surface area contributed by atoms with Crippen LogP contribution in [0.15, 0.2) is 24.3 Å². The Kier molecular flexibility index (Phi) is 5.60. The number of rotatable bonds is 6. The number of carbonyl (C=O) groups is 1. The lowest BCUT2D eigenvalue weighted by Gasteiger charge is -2.21. The molecule has 1 aromatic carbocycles. The molecule has 3 nitrogen and oxygen atoms in total. The summed E-state index contributed by atoms with van der Waals surface area (Å²) >= 11 is 5.87. The summed E-state index contributed by atoms with van der Waals surface area (Å²) in [6, 6.07) is 7.66. The number of halogens is 1. The normalized spacial score (nSPS) is 27.7. The summed E-state index contributed by atoms with van der Waals surface area (Å²) in [5.74, 6) is 0.696. The van der Waals surface area contributed by atoms with E-state index in [2.05, 4.69) is 6.92 Å². The fourth-order valence-corrected chi connectivity index (χ4v) is 3.64. The number of ether oxygens (including phenoxy) is 2. The second kappa shape index (κ2) is 7.67. The zero-order valence-corrected chi connectivity index (χ0v) is 14.4. The van der Waals surface area contributed by atoms with Crippen molar-refractivity contribution in [2.75, 3.05) is 6.61 Å². The first kappa shape index (κ1) is 16.8. The van der Waals surface area contributed by atoms with Crippen molar-refractivity contribution in [3.63, 3.8) is 0 Å². The molecule has 0 aliphatic heterocycles. The minimum absolute atomic E-state index is 0.00973. The summed E-state index contributed by atoms with van der Waals surface area (Å²) in [7, 11) is 0. The van der Waals surface area contributed by atoms with E-state index in [0.29, 0.717) is 25.0 Å². The zero-order valence-electron chi connectivity index (χ0n) is 13.7. The highest BCUT2D eigenvalue weighted by Gasteiger charge is 2.53. The Morgan fingerprint density at radius 3 is 2.57 bits per heavy atom. The molecule has 126 valence electrons. The molecule has 0 bridgehead atoms. The molecule has 0 amide bonds. The van der Waals surface area contributed by atoms with E-state index in [1.165, 1.54) is 19.3 Å². The molecule has 3 atom stereocenters. The monoisotopic (exact) mass is 336 g/mol. The number of carbonyl (C=O) groups excluding carboxylic acids is 1. The Morgan fingerprint density at radius 1 is 1.17 bits per heavy atom. The van der Waals surface area contributed by atoms with E-state index in [1.807, 2.05) is 24.3 Å². The number of hydrogen-bond donors (Lipinski definition) is 0. The highest BCUT2D eigenvalue weighted by Crippen LogP contribution is 2.47. The van der Waals surface area contributed by atoms with Gasteiger partial charge in [0.2, 0.25) is 0 Å². The van der Waals surface area contributed by atoms with Crippen molar-refractivity contribution in [2.45, 2.75) is 51.7 Å². The summed E-state index contributed by atoms with van der Waals surface area (Å²) in [4.78, 5) is 12.3. The van der Waals surface area contributed by atoms with Gasteiger partial charge in [0.05, 0.1) is 19.1 Å². The van der Waals surface area contributed by atoms with E-state index in [9.17, 15) is 4.79 Å². The van der Waals surface area contributed by atoms with Gasteiger partial charge in [-0.25, -0.2) is 0 Å². The summed E-state index contributed by atoms with van der Waals surface area (Å²) in [6.45, 7) is 3.29. The minimum Gasteiger partial charge on any atom is -0.462 e. The van der Waals surface area contributed by atoms with Gasteiger partial charge >= 0.3 is 5.97 Å². The summed E-state index contributed by atoms with van der Waals surface area (Å²) < 4.78 is 11.5. The van der Waals surface area contributed by atoms with Gasteiger partial charge in [-0.15, -0.1) is 0 Å². The lowest BCUT2D eigenvalue weighted by molar-refractivity contribution is -0.153. The molecule has 2 fully saturated rings. The summed E-state index contributed by atoms with van der Waals surface area (Å²) in [5, 5.41) is 0.732. The molecule has 0 saturated heterocycles. The smallest absolute Gasteiger partial charge is 0.309 e. The first-order chi connectivity index (χ1) is 11.1. The quantitative estimate of drug-likeness (QED) is 0.711. The molecule has 4 heteroatoms. The van der Waals surface area contributed by atoms with E-state index < -0.39 is 0 Å². The molecule has 23 heavy (non-hydrogen) atoms. The van der Waals surface area contributed by atoms with Crippen molar-refractivity contribution in [1.82, 2.24) is 0 Å². The van der Waals surface area contributed by atoms with Gasteiger partial charge in [0.15, 0.2) is 0 Å². The molecule has 2 aliphatic rings. The lowest BCUT2D eigenvalue weighted by atomic mass is 9.98. The maximum Gasteiger partial charge on any atom is 0.309 e. The molecule has 3 unspecified atom stereocenters. The van der Waals surface area contributed by atoms with E-state index in [0.717, 1.165) is 23.4 Å². The number of hydrogen-bond acceptors (Lipinski definition) is 3. The average Bonchev–Trinajstić information content (AvgIpc) is 3.20.